The third kappa shape index (κ3) is 5.66. The zero-order valence-electron chi connectivity index (χ0n) is 31.0. The summed E-state index contributed by atoms with van der Waals surface area (Å²) in [6.45, 7) is 8.46. The summed E-state index contributed by atoms with van der Waals surface area (Å²) in [7, 11) is 3.16. The lowest BCUT2D eigenvalue weighted by Gasteiger charge is -2.50. The highest BCUT2D eigenvalue weighted by atomic mass is 16.6. The van der Waals surface area contributed by atoms with Crippen LogP contribution in [0.3, 0.4) is 0 Å². The third-order valence-electron chi connectivity index (χ3n) is 13.0. The molecular formula is C43H50O9. The van der Waals surface area contributed by atoms with Crippen LogP contribution in [0.1, 0.15) is 104 Å². The van der Waals surface area contributed by atoms with E-state index in [2.05, 4.69) is 26.8 Å². The highest BCUT2D eigenvalue weighted by Crippen LogP contribution is 2.61. The van der Waals surface area contributed by atoms with Crippen molar-refractivity contribution in [1.82, 2.24) is 0 Å². The second-order valence-corrected chi connectivity index (χ2v) is 16.1. The monoisotopic (exact) mass is 710 g/mol. The van der Waals surface area contributed by atoms with Gasteiger partial charge in [0.1, 0.15) is 47.9 Å². The highest BCUT2D eigenvalue weighted by Gasteiger charge is 2.56. The molecule has 3 heterocycles. The van der Waals surface area contributed by atoms with Crippen molar-refractivity contribution in [2.75, 3.05) is 20.8 Å². The number of phenols is 1. The number of aryl methyl sites for hydroxylation is 1. The fraction of sp³-hybridized carbons (Fsp3) is 0.535. The number of ether oxygens (including phenoxy) is 6. The Morgan fingerprint density at radius 2 is 1.73 bits per heavy atom. The van der Waals surface area contributed by atoms with E-state index in [0.29, 0.717) is 64.6 Å². The van der Waals surface area contributed by atoms with E-state index >= 15 is 0 Å². The van der Waals surface area contributed by atoms with Gasteiger partial charge in [-0.3, -0.25) is 9.59 Å². The quantitative estimate of drug-likeness (QED) is 0.270. The Kier molecular flexibility index (Phi) is 8.82. The summed E-state index contributed by atoms with van der Waals surface area (Å²) in [6.07, 6.45) is 7.36. The summed E-state index contributed by atoms with van der Waals surface area (Å²) in [5.41, 5.74) is 5.32. The zero-order valence-corrected chi connectivity index (χ0v) is 31.0. The van der Waals surface area contributed by atoms with E-state index in [1.165, 1.54) is 37.3 Å². The molecule has 0 aromatic heterocycles. The van der Waals surface area contributed by atoms with Crippen molar-refractivity contribution in [1.29, 1.82) is 0 Å². The van der Waals surface area contributed by atoms with E-state index in [4.69, 9.17) is 28.4 Å². The van der Waals surface area contributed by atoms with E-state index < -0.39 is 5.92 Å². The van der Waals surface area contributed by atoms with Crippen molar-refractivity contribution in [3.05, 3.63) is 70.3 Å². The van der Waals surface area contributed by atoms with Crippen LogP contribution in [-0.4, -0.2) is 56.0 Å². The Balaban J connectivity index is 0.000000153. The molecule has 52 heavy (non-hydrogen) atoms. The topological polar surface area (TPSA) is 110 Å². The molecule has 0 bridgehead atoms. The lowest BCUT2D eigenvalue weighted by molar-refractivity contribution is -0.154. The van der Waals surface area contributed by atoms with Crippen LogP contribution >= 0.6 is 0 Å². The number of hydrogen-bond donors (Lipinski definition) is 1. The molecule has 0 amide bonds. The Labute approximate surface area is 305 Å². The summed E-state index contributed by atoms with van der Waals surface area (Å²) in [4.78, 5) is 25.0. The lowest BCUT2D eigenvalue weighted by atomic mass is 9.55. The maximum Gasteiger partial charge on any atom is 0.302 e. The number of ketones is 1. The molecular weight excluding hydrogens is 660 g/mol. The summed E-state index contributed by atoms with van der Waals surface area (Å²) in [6, 6.07) is 13.3. The Morgan fingerprint density at radius 3 is 2.48 bits per heavy atom. The first kappa shape index (κ1) is 34.7. The van der Waals surface area contributed by atoms with Gasteiger partial charge in [0.15, 0.2) is 17.3 Å². The molecule has 2 saturated carbocycles. The summed E-state index contributed by atoms with van der Waals surface area (Å²) in [5.74, 6) is 5.47. The van der Waals surface area contributed by atoms with Gasteiger partial charge in [0.2, 0.25) is 0 Å². The number of hydrogen-bond acceptors (Lipinski definition) is 9. The number of carbonyl (C=O) groups excluding carboxylic acids is 2. The second-order valence-electron chi connectivity index (χ2n) is 16.1. The van der Waals surface area contributed by atoms with Gasteiger partial charge in [-0.1, -0.05) is 26.8 Å². The molecule has 2 fully saturated rings. The van der Waals surface area contributed by atoms with Crippen molar-refractivity contribution in [2.45, 2.75) is 103 Å². The van der Waals surface area contributed by atoms with Crippen molar-refractivity contribution >= 4 is 11.8 Å². The summed E-state index contributed by atoms with van der Waals surface area (Å²) >= 11 is 0. The summed E-state index contributed by atoms with van der Waals surface area (Å²) in [5, 5.41) is 9.75. The van der Waals surface area contributed by atoms with Crippen molar-refractivity contribution in [3.63, 3.8) is 0 Å². The van der Waals surface area contributed by atoms with Gasteiger partial charge in [-0.2, -0.15) is 0 Å². The van der Waals surface area contributed by atoms with Crippen LogP contribution in [0, 0.1) is 23.2 Å². The van der Waals surface area contributed by atoms with E-state index in [-0.39, 0.29) is 35.5 Å². The predicted octanol–water partition coefficient (Wildman–Crippen LogP) is 7.96. The number of Topliss-reactive ketones (excluding diaryl/α,β-unsaturated/α-hetero) is 1. The van der Waals surface area contributed by atoms with Gasteiger partial charge in [0.05, 0.1) is 25.7 Å². The van der Waals surface area contributed by atoms with Crippen LogP contribution in [-0.2, 0) is 22.4 Å². The number of benzene rings is 3. The number of aromatic hydroxyl groups is 1. The molecule has 0 radical (unpaired) electrons. The Morgan fingerprint density at radius 1 is 0.942 bits per heavy atom. The smallest absolute Gasteiger partial charge is 0.302 e. The minimum atomic E-state index is -0.438. The molecule has 3 aliphatic heterocycles. The molecule has 3 aliphatic carbocycles. The van der Waals surface area contributed by atoms with Crippen LogP contribution in [0.4, 0.5) is 0 Å². The minimum Gasteiger partial charge on any atom is -0.508 e. The largest absolute Gasteiger partial charge is 0.508 e. The van der Waals surface area contributed by atoms with Crippen molar-refractivity contribution in [2.24, 2.45) is 23.2 Å². The van der Waals surface area contributed by atoms with E-state index in [1.807, 2.05) is 30.3 Å². The fourth-order valence-corrected chi connectivity index (χ4v) is 10.4. The van der Waals surface area contributed by atoms with Crippen molar-refractivity contribution < 1.29 is 43.1 Å². The van der Waals surface area contributed by atoms with Crippen LogP contribution in [0.25, 0.3) is 0 Å². The molecule has 1 N–H and O–H groups in total. The van der Waals surface area contributed by atoms with Gasteiger partial charge in [0.25, 0.3) is 0 Å². The molecule has 0 spiro atoms. The number of fused-ring (bicyclic) bond motifs is 11. The SMILES string of the molecule is CC(=O)OC1CCC2C3CCc4cc(O)ccc4C3CCC12C.COc1cc2c(cc1OC)C1C(=O)c3ccc4c(c3OC1CO2)CC(C(C)C)O4. The number of methoxy groups -OCH3 is 2. The lowest BCUT2D eigenvalue weighted by Crippen LogP contribution is -2.45. The maximum absolute atomic E-state index is 13.5. The van der Waals surface area contributed by atoms with Crippen LogP contribution < -0.4 is 23.7 Å². The molecule has 3 aromatic carbocycles. The number of esters is 1. The molecule has 8 atom stereocenters. The molecule has 3 aromatic rings. The van der Waals surface area contributed by atoms with Gasteiger partial charge in [-0.25, -0.2) is 0 Å². The van der Waals surface area contributed by atoms with E-state index in [0.717, 1.165) is 42.6 Å². The number of rotatable bonds is 4. The van der Waals surface area contributed by atoms with Crippen LogP contribution in [0.2, 0.25) is 0 Å². The summed E-state index contributed by atoms with van der Waals surface area (Å²) < 4.78 is 34.8. The van der Waals surface area contributed by atoms with Crippen LogP contribution in [0.15, 0.2) is 42.5 Å². The highest BCUT2D eigenvalue weighted by molar-refractivity contribution is 6.06. The molecule has 9 rings (SSSR count). The molecule has 9 heteroatoms. The van der Waals surface area contributed by atoms with Gasteiger partial charge in [-0.15, -0.1) is 0 Å². The standard InChI is InChI=1S/C23H24O6.C20H26O3/c1-11(2)16-8-14-15(28-16)6-5-12-22(24)21-13-7-18(25-3)19(26-4)9-17(13)27-10-20(21)29-23(12)14;1-12(21)23-19-8-7-18-17-5-3-13-11-14(22)4-6-15(13)16(17)9-10-20(18,19)2/h5-7,9,11,16,20-21H,8,10H2,1-4H3;4,6,11,16-19,22H,3,5,7-10H2,1-2H3. The van der Waals surface area contributed by atoms with Gasteiger partial charge >= 0.3 is 5.97 Å². The van der Waals surface area contributed by atoms with Gasteiger partial charge < -0.3 is 33.5 Å². The Bertz CT molecular complexity index is 1900. The molecule has 9 nitrogen and oxygen atoms in total. The number of phenolic OH excluding ortho intramolecular Hbond substituents is 1. The minimum absolute atomic E-state index is 0.0452. The average Bonchev–Trinajstić information content (AvgIpc) is 3.72. The van der Waals surface area contributed by atoms with Gasteiger partial charge in [-0.05, 0) is 104 Å². The normalized spacial score (nSPS) is 30.2. The van der Waals surface area contributed by atoms with E-state index in [1.54, 1.807) is 20.3 Å². The average molecular weight is 711 g/mol. The third-order valence-corrected chi connectivity index (χ3v) is 13.0. The first-order chi connectivity index (χ1) is 25.0. The van der Waals surface area contributed by atoms with E-state index in [9.17, 15) is 14.7 Å². The first-order valence-corrected chi connectivity index (χ1v) is 18.9. The predicted molar refractivity (Wildman–Crippen MR) is 194 cm³/mol. The zero-order chi connectivity index (χ0) is 36.5. The first-order valence-electron chi connectivity index (χ1n) is 18.9. The molecule has 0 saturated heterocycles. The van der Waals surface area contributed by atoms with Gasteiger partial charge in [0, 0.05) is 36.0 Å². The molecule has 6 aliphatic rings. The maximum atomic E-state index is 13.5. The fourth-order valence-electron chi connectivity index (χ4n) is 10.4. The van der Waals surface area contributed by atoms with Crippen molar-refractivity contribution in [3.8, 4) is 34.5 Å². The second kappa shape index (κ2) is 13.2. The number of carbonyl (C=O) groups is 2. The van der Waals surface area contributed by atoms with Crippen LogP contribution in [0.5, 0.6) is 34.5 Å². The Hall–Kier alpha value is -4.40. The molecule has 276 valence electrons. The molecule has 8 unspecified atom stereocenters.